The molecule has 2 fully saturated rings. The van der Waals surface area contributed by atoms with Gasteiger partial charge in [0.25, 0.3) is 11.8 Å². The topological polar surface area (TPSA) is 64.2 Å². The van der Waals surface area contributed by atoms with E-state index in [2.05, 4.69) is 0 Å². The number of amides is 3. The van der Waals surface area contributed by atoms with E-state index in [0.717, 1.165) is 17.8 Å². The molecule has 1 spiro atoms. The van der Waals surface area contributed by atoms with Crippen LogP contribution in [0, 0.1) is 0 Å². The summed E-state index contributed by atoms with van der Waals surface area (Å²) < 4.78 is 39.4. The molecule has 37 heavy (non-hydrogen) atoms. The Morgan fingerprint density at radius 1 is 0.973 bits per heavy atom. The molecule has 0 radical (unpaired) electrons. The summed E-state index contributed by atoms with van der Waals surface area (Å²) in [7, 11) is 0. The Labute approximate surface area is 214 Å². The predicted molar refractivity (Wildman–Crippen MR) is 133 cm³/mol. The molecule has 2 saturated heterocycles. The van der Waals surface area contributed by atoms with Gasteiger partial charge in [-0.25, -0.2) is 0 Å². The highest BCUT2D eigenvalue weighted by Crippen LogP contribution is 2.40. The van der Waals surface area contributed by atoms with E-state index < -0.39 is 23.2 Å². The molecule has 0 aliphatic carbocycles. The number of carbonyl (C=O) groups is 3. The molecular formula is C27H31F3N4O3. The van der Waals surface area contributed by atoms with Crippen molar-refractivity contribution < 1.29 is 27.6 Å². The van der Waals surface area contributed by atoms with Crippen LogP contribution in [0.4, 0.5) is 18.9 Å². The third kappa shape index (κ3) is 5.14. The largest absolute Gasteiger partial charge is 0.416 e. The Morgan fingerprint density at radius 2 is 1.62 bits per heavy atom. The number of likely N-dealkylation sites (N-methyl/N-ethyl adjacent to an activating group) is 1. The highest BCUT2D eigenvalue weighted by atomic mass is 19.4. The highest BCUT2D eigenvalue weighted by Gasteiger charge is 2.54. The molecule has 4 rings (SSSR count). The lowest BCUT2D eigenvalue weighted by atomic mass is 9.85. The number of likely N-dealkylation sites (tertiary alicyclic amines) is 1. The Bertz CT molecular complexity index is 1140. The maximum atomic E-state index is 13.8. The van der Waals surface area contributed by atoms with Crippen molar-refractivity contribution in [2.45, 2.75) is 38.4 Å². The number of halogens is 3. The number of benzene rings is 2. The predicted octanol–water partition coefficient (Wildman–Crippen LogP) is 3.85. The first-order valence-electron chi connectivity index (χ1n) is 12.5. The number of anilines is 1. The van der Waals surface area contributed by atoms with Crippen molar-refractivity contribution in [1.82, 2.24) is 14.7 Å². The van der Waals surface area contributed by atoms with Crippen LogP contribution in [-0.4, -0.2) is 77.4 Å². The van der Waals surface area contributed by atoms with E-state index >= 15 is 0 Å². The van der Waals surface area contributed by atoms with Crippen molar-refractivity contribution in [1.29, 1.82) is 0 Å². The van der Waals surface area contributed by atoms with E-state index in [9.17, 15) is 27.6 Å². The average molecular weight is 517 g/mol. The Kier molecular flexibility index (Phi) is 7.47. The van der Waals surface area contributed by atoms with Crippen molar-refractivity contribution in [2.24, 2.45) is 0 Å². The number of carbonyl (C=O) groups excluding carboxylic acids is 3. The molecule has 7 nitrogen and oxygen atoms in total. The summed E-state index contributed by atoms with van der Waals surface area (Å²) in [6.45, 7) is 5.53. The van der Waals surface area contributed by atoms with Crippen LogP contribution in [0.1, 0.15) is 42.6 Å². The lowest BCUT2D eigenvalue weighted by Crippen LogP contribution is -2.57. The smallest absolute Gasteiger partial charge is 0.342 e. The molecule has 0 saturated carbocycles. The SMILES string of the molecule is CCN(CC)C(=O)CN1CN(c2ccccc2)C2(CCN(C(=O)c3cccc(C(F)(F)F)c3)CC2)C1=O. The number of hydrogen-bond donors (Lipinski definition) is 0. The number of nitrogens with zero attached hydrogens (tertiary/aromatic N) is 4. The lowest BCUT2D eigenvalue weighted by Gasteiger charge is -2.43. The van der Waals surface area contributed by atoms with Crippen LogP contribution in [0.3, 0.4) is 0 Å². The van der Waals surface area contributed by atoms with Crippen LogP contribution < -0.4 is 4.90 Å². The van der Waals surface area contributed by atoms with Gasteiger partial charge in [0.05, 0.1) is 12.2 Å². The molecule has 2 heterocycles. The van der Waals surface area contributed by atoms with Crippen molar-refractivity contribution >= 4 is 23.4 Å². The number of alkyl halides is 3. The van der Waals surface area contributed by atoms with E-state index in [1.54, 1.807) is 9.80 Å². The van der Waals surface area contributed by atoms with E-state index in [4.69, 9.17) is 0 Å². The zero-order valence-electron chi connectivity index (χ0n) is 21.0. The number of rotatable bonds is 6. The first-order chi connectivity index (χ1) is 17.6. The summed E-state index contributed by atoms with van der Waals surface area (Å²) in [6, 6.07) is 13.9. The van der Waals surface area contributed by atoms with E-state index in [1.165, 1.54) is 17.0 Å². The minimum Gasteiger partial charge on any atom is -0.342 e. The van der Waals surface area contributed by atoms with Crippen molar-refractivity contribution in [3.8, 4) is 0 Å². The van der Waals surface area contributed by atoms with E-state index in [0.29, 0.717) is 25.9 Å². The second kappa shape index (κ2) is 10.4. The first-order valence-corrected chi connectivity index (χ1v) is 12.5. The number of para-hydroxylation sites is 1. The molecule has 198 valence electrons. The maximum absolute atomic E-state index is 13.8. The van der Waals surface area contributed by atoms with Gasteiger partial charge in [-0.05, 0) is 57.0 Å². The van der Waals surface area contributed by atoms with Crippen LogP contribution in [0.25, 0.3) is 0 Å². The minimum absolute atomic E-state index is 0.0293. The van der Waals surface area contributed by atoms with Crippen molar-refractivity contribution in [2.75, 3.05) is 44.3 Å². The molecule has 3 amide bonds. The fourth-order valence-corrected chi connectivity index (χ4v) is 5.25. The second-order valence-corrected chi connectivity index (χ2v) is 9.38. The maximum Gasteiger partial charge on any atom is 0.416 e. The average Bonchev–Trinajstić information content (AvgIpc) is 3.15. The van der Waals surface area contributed by atoms with Gasteiger partial charge >= 0.3 is 6.18 Å². The molecule has 2 aromatic carbocycles. The van der Waals surface area contributed by atoms with Crippen LogP contribution in [0.2, 0.25) is 0 Å². The molecule has 0 aromatic heterocycles. The summed E-state index contributed by atoms with van der Waals surface area (Å²) in [5, 5.41) is 0. The second-order valence-electron chi connectivity index (χ2n) is 9.38. The van der Waals surface area contributed by atoms with Crippen LogP contribution in [0.15, 0.2) is 54.6 Å². The van der Waals surface area contributed by atoms with Gasteiger partial charge in [-0.1, -0.05) is 24.3 Å². The molecule has 2 aromatic rings. The number of piperidine rings is 1. The minimum atomic E-state index is -4.54. The fraction of sp³-hybridized carbons (Fsp3) is 0.444. The van der Waals surface area contributed by atoms with E-state index in [-0.39, 0.29) is 43.7 Å². The Balaban J connectivity index is 1.55. The van der Waals surface area contributed by atoms with Crippen LogP contribution in [-0.2, 0) is 15.8 Å². The van der Waals surface area contributed by atoms with Crippen molar-refractivity contribution in [3.63, 3.8) is 0 Å². The van der Waals surface area contributed by atoms with Gasteiger partial charge in [0.1, 0.15) is 12.1 Å². The molecule has 0 unspecified atom stereocenters. The normalized spacial score (nSPS) is 17.4. The molecule has 0 N–H and O–H groups in total. The molecule has 10 heteroatoms. The summed E-state index contributed by atoms with van der Waals surface area (Å²) >= 11 is 0. The van der Waals surface area contributed by atoms with Gasteiger partial charge in [-0.2, -0.15) is 13.2 Å². The summed E-state index contributed by atoms with van der Waals surface area (Å²) in [5.41, 5.74) is -1.00. The molecule has 0 bridgehead atoms. The first kappa shape index (κ1) is 26.5. The van der Waals surface area contributed by atoms with Crippen LogP contribution >= 0.6 is 0 Å². The van der Waals surface area contributed by atoms with E-state index in [1.807, 2.05) is 49.1 Å². The molecular weight excluding hydrogens is 485 g/mol. The third-order valence-electron chi connectivity index (χ3n) is 7.34. The Hall–Kier alpha value is -3.56. The zero-order valence-corrected chi connectivity index (χ0v) is 21.0. The molecule has 2 aliphatic rings. The monoisotopic (exact) mass is 516 g/mol. The summed E-state index contributed by atoms with van der Waals surface area (Å²) in [6.07, 6.45) is -3.93. The third-order valence-corrected chi connectivity index (χ3v) is 7.34. The van der Waals surface area contributed by atoms with Gasteiger partial charge < -0.3 is 19.6 Å². The lowest BCUT2D eigenvalue weighted by molar-refractivity contribution is -0.140. The van der Waals surface area contributed by atoms with Gasteiger partial charge in [-0.15, -0.1) is 0 Å². The summed E-state index contributed by atoms with van der Waals surface area (Å²) in [5.74, 6) is -0.783. The van der Waals surface area contributed by atoms with Gasteiger partial charge in [-0.3, -0.25) is 14.4 Å². The van der Waals surface area contributed by atoms with Crippen LogP contribution in [0.5, 0.6) is 0 Å². The zero-order chi connectivity index (χ0) is 26.8. The quantitative estimate of drug-likeness (QED) is 0.585. The molecule has 0 atom stereocenters. The highest BCUT2D eigenvalue weighted by molar-refractivity contribution is 5.97. The van der Waals surface area contributed by atoms with Gasteiger partial charge in [0.2, 0.25) is 5.91 Å². The van der Waals surface area contributed by atoms with Crippen molar-refractivity contribution in [3.05, 3.63) is 65.7 Å². The van der Waals surface area contributed by atoms with Gasteiger partial charge in [0, 0.05) is 37.4 Å². The fourth-order valence-electron chi connectivity index (χ4n) is 5.25. The Morgan fingerprint density at radius 3 is 2.22 bits per heavy atom. The standard InChI is InChI=1S/C27H31F3N4O3/c1-3-31(4-2)23(35)18-33-19-34(22-11-6-5-7-12-22)26(25(33)37)13-15-32(16-14-26)24(36)20-9-8-10-21(17-20)27(28,29)30/h5-12,17H,3-4,13-16,18-19H2,1-2H3. The summed E-state index contributed by atoms with van der Waals surface area (Å²) in [4.78, 5) is 46.4. The van der Waals surface area contributed by atoms with Gasteiger partial charge in [0.15, 0.2) is 0 Å². The molecule has 2 aliphatic heterocycles. The number of hydrogen-bond acceptors (Lipinski definition) is 4.